The number of amides is 1. The highest BCUT2D eigenvalue weighted by Crippen LogP contribution is 2.13. The highest BCUT2D eigenvalue weighted by atomic mass is 19.4. The standard InChI is InChI=1S/C7H14N2O3.C2HF3O2/c1-9-7(11)5(8)3-4-6(10)12-2;3-2(4,5)1(6)7/h5H,3-4,8H2,1-2H3,(H,9,11);(H,6,7)/t5-;/m0./s1. The molecule has 1 amide bonds. The lowest BCUT2D eigenvalue weighted by molar-refractivity contribution is -0.192. The lowest BCUT2D eigenvalue weighted by Gasteiger charge is -2.07. The van der Waals surface area contributed by atoms with E-state index in [4.69, 9.17) is 15.6 Å². The lowest BCUT2D eigenvalue weighted by Crippen LogP contribution is -2.38. The monoisotopic (exact) mass is 288 g/mol. The van der Waals surface area contributed by atoms with Crippen molar-refractivity contribution in [3.05, 3.63) is 0 Å². The number of carbonyl (C=O) groups is 3. The Morgan fingerprint density at radius 2 is 1.79 bits per heavy atom. The van der Waals surface area contributed by atoms with E-state index in [-0.39, 0.29) is 18.3 Å². The number of carbonyl (C=O) groups excluding carboxylic acids is 2. The van der Waals surface area contributed by atoms with Crippen LogP contribution in [0.2, 0.25) is 0 Å². The minimum atomic E-state index is -5.08. The molecule has 0 bridgehead atoms. The molecule has 1 atom stereocenters. The number of alkyl halides is 3. The molecule has 19 heavy (non-hydrogen) atoms. The Labute approximate surface area is 106 Å². The molecule has 0 rings (SSSR count). The molecular weight excluding hydrogens is 273 g/mol. The van der Waals surface area contributed by atoms with Crippen molar-refractivity contribution in [2.45, 2.75) is 25.1 Å². The Morgan fingerprint density at radius 3 is 2.05 bits per heavy atom. The first-order valence-electron chi connectivity index (χ1n) is 4.90. The highest BCUT2D eigenvalue weighted by molar-refractivity contribution is 5.81. The van der Waals surface area contributed by atoms with Gasteiger partial charge in [0.15, 0.2) is 0 Å². The molecule has 0 fully saturated rings. The summed E-state index contributed by atoms with van der Waals surface area (Å²) in [5.74, 6) is -3.37. The van der Waals surface area contributed by atoms with Gasteiger partial charge in [0.05, 0.1) is 13.2 Å². The maximum atomic E-state index is 10.8. The highest BCUT2D eigenvalue weighted by Gasteiger charge is 2.38. The summed E-state index contributed by atoms with van der Waals surface area (Å²) < 4.78 is 36.1. The molecule has 0 heterocycles. The molecule has 7 nitrogen and oxygen atoms in total. The molecule has 4 N–H and O–H groups in total. The van der Waals surface area contributed by atoms with Crippen molar-refractivity contribution in [1.29, 1.82) is 0 Å². The third-order valence-electron chi connectivity index (χ3n) is 1.71. The number of hydrogen-bond acceptors (Lipinski definition) is 5. The summed E-state index contributed by atoms with van der Waals surface area (Å²) in [6, 6.07) is -0.630. The second-order valence-electron chi connectivity index (χ2n) is 3.14. The summed E-state index contributed by atoms with van der Waals surface area (Å²) in [5, 5.41) is 9.52. The van der Waals surface area contributed by atoms with Crippen molar-refractivity contribution in [3.63, 3.8) is 0 Å². The molecule has 0 spiro atoms. The minimum Gasteiger partial charge on any atom is -0.475 e. The number of nitrogens with one attached hydrogen (secondary N) is 1. The lowest BCUT2D eigenvalue weighted by atomic mass is 10.1. The molecule has 0 aliphatic rings. The van der Waals surface area contributed by atoms with Crippen LogP contribution in [0.25, 0.3) is 0 Å². The van der Waals surface area contributed by atoms with Crippen molar-refractivity contribution in [1.82, 2.24) is 5.32 Å². The van der Waals surface area contributed by atoms with E-state index in [1.807, 2.05) is 0 Å². The fourth-order valence-corrected chi connectivity index (χ4v) is 0.692. The van der Waals surface area contributed by atoms with Gasteiger partial charge in [-0.2, -0.15) is 13.2 Å². The summed E-state index contributed by atoms with van der Waals surface area (Å²) in [7, 11) is 2.80. The Balaban J connectivity index is 0. The molecule has 112 valence electrons. The maximum absolute atomic E-state index is 10.8. The largest absolute Gasteiger partial charge is 0.490 e. The summed E-state index contributed by atoms with van der Waals surface area (Å²) in [6.45, 7) is 0. The van der Waals surface area contributed by atoms with Gasteiger partial charge in [-0.3, -0.25) is 9.59 Å². The van der Waals surface area contributed by atoms with Gasteiger partial charge in [0.1, 0.15) is 0 Å². The number of aliphatic carboxylic acids is 1. The molecule has 0 aromatic carbocycles. The quantitative estimate of drug-likeness (QED) is 0.608. The van der Waals surface area contributed by atoms with E-state index in [1.54, 1.807) is 0 Å². The Hall–Kier alpha value is -1.84. The van der Waals surface area contributed by atoms with Crippen molar-refractivity contribution >= 4 is 17.8 Å². The molecule has 0 aliphatic carbocycles. The zero-order chi connectivity index (χ0) is 15.6. The van der Waals surface area contributed by atoms with Crippen molar-refractivity contribution < 1.29 is 37.4 Å². The number of carboxylic acids is 1. The number of esters is 1. The molecule has 0 radical (unpaired) electrons. The molecule has 0 aromatic heterocycles. The van der Waals surface area contributed by atoms with E-state index in [0.29, 0.717) is 6.42 Å². The number of methoxy groups -OCH3 is 1. The topological polar surface area (TPSA) is 119 Å². The number of halogens is 3. The van der Waals surface area contributed by atoms with Gasteiger partial charge in [0.2, 0.25) is 5.91 Å². The molecule has 0 unspecified atom stereocenters. The number of rotatable bonds is 4. The summed E-state index contributed by atoms with van der Waals surface area (Å²) in [5.41, 5.74) is 5.41. The van der Waals surface area contributed by atoms with Gasteiger partial charge in [-0.15, -0.1) is 0 Å². The molecule has 10 heteroatoms. The van der Waals surface area contributed by atoms with Crippen LogP contribution in [0.15, 0.2) is 0 Å². The van der Waals surface area contributed by atoms with Crippen LogP contribution in [-0.4, -0.2) is 49.3 Å². The van der Waals surface area contributed by atoms with Crippen molar-refractivity contribution in [2.75, 3.05) is 14.2 Å². The van der Waals surface area contributed by atoms with E-state index < -0.39 is 18.2 Å². The van der Waals surface area contributed by atoms with Crippen LogP contribution in [0, 0.1) is 0 Å². The normalized spacial score (nSPS) is 11.7. The summed E-state index contributed by atoms with van der Waals surface area (Å²) in [4.78, 5) is 30.3. The summed E-state index contributed by atoms with van der Waals surface area (Å²) in [6.07, 6.45) is -4.60. The molecule has 0 saturated carbocycles. The number of likely N-dealkylation sites (N-methyl/N-ethyl adjacent to an activating group) is 1. The van der Waals surface area contributed by atoms with Crippen LogP contribution >= 0.6 is 0 Å². The molecular formula is C9H15F3N2O5. The van der Waals surface area contributed by atoms with Gasteiger partial charge in [0, 0.05) is 13.5 Å². The second kappa shape index (κ2) is 9.14. The smallest absolute Gasteiger partial charge is 0.475 e. The van der Waals surface area contributed by atoms with Crippen molar-refractivity contribution in [3.8, 4) is 0 Å². The number of carboxylic acid groups (broad SMARTS) is 1. The Bertz CT molecular complexity index is 319. The van der Waals surface area contributed by atoms with E-state index in [1.165, 1.54) is 14.2 Å². The number of ether oxygens (including phenoxy) is 1. The first kappa shape index (κ1) is 19.5. The van der Waals surface area contributed by atoms with Crippen LogP contribution in [0.1, 0.15) is 12.8 Å². The first-order chi connectivity index (χ1) is 8.56. The first-order valence-corrected chi connectivity index (χ1v) is 4.90. The predicted molar refractivity (Wildman–Crippen MR) is 57.0 cm³/mol. The van der Waals surface area contributed by atoms with Gasteiger partial charge in [-0.25, -0.2) is 4.79 Å². The minimum absolute atomic E-state index is 0.172. The second-order valence-corrected chi connectivity index (χ2v) is 3.14. The zero-order valence-corrected chi connectivity index (χ0v) is 10.3. The SMILES string of the molecule is CNC(=O)[C@@H](N)CCC(=O)OC.O=C(O)C(F)(F)F. The van der Waals surface area contributed by atoms with Crippen LogP contribution in [0.5, 0.6) is 0 Å². The van der Waals surface area contributed by atoms with E-state index in [0.717, 1.165) is 0 Å². The van der Waals surface area contributed by atoms with Crippen LogP contribution in [0.4, 0.5) is 13.2 Å². The van der Waals surface area contributed by atoms with Crippen LogP contribution in [-0.2, 0) is 19.1 Å². The number of hydrogen-bond donors (Lipinski definition) is 3. The van der Waals surface area contributed by atoms with Gasteiger partial charge in [-0.1, -0.05) is 0 Å². The molecule has 0 aliphatic heterocycles. The molecule has 0 saturated heterocycles. The molecule has 0 aromatic rings. The third-order valence-corrected chi connectivity index (χ3v) is 1.71. The van der Waals surface area contributed by atoms with Gasteiger partial charge >= 0.3 is 18.1 Å². The average molecular weight is 288 g/mol. The van der Waals surface area contributed by atoms with E-state index in [9.17, 15) is 22.8 Å². The Kier molecular flexibility index (Phi) is 9.38. The maximum Gasteiger partial charge on any atom is 0.490 e. The Morgan fingerprint density at radius 1 is 1.37 bits per heavy atom. The van der Waals surface area contributed by atoms with Crippen LogP contribution in [0.3, 0.4) is 0 Å². The van der Waals surface area contributed by atoms with Gasteiger partial charge in [0.25, 0.3) is 0 Å². The summed E-state index contributed by atoms with van der Waals surface area (Å²) >= 11 is 0. The fourth-order valence-electron chi connectivity index (χ4n) is 0.692. The van der Waals surface area contributed by atoms with Gasteiger partial charge in [-0.05, 0) is 6.42 Å². The third kappa shape index (κ3) is 11.0. The van der Waals surface area contributed by atoms with Crippen LogP contribution < -0.4 is 11.1 Å². The van der Waals surface area contributed by atoms with E-state index in [2.05, 4.69) is 10.1 Å². The zero-order valence-electron chi connectivity index (χ0n) is 10.3. The van der Waals surface area contributed by atoms with Crippen molar-refractivity contribution in [2.24, 2.45) is 5.73 Å². The van der Waals surface area contributed by atoms with Gasteiger partial charge < -0.3 is 20.9 Å². The average Bonchev–Trinajstić information content (AvgIpc) is 2.33. The fraction of sp³-hybridized carbons (Fsp3) is 0.667. The van der Waals surface area contributed by atoms with E-state index >= 15 is 0 Å². The number of nitrogens with two attached hydrogens (primary N) is 1. The predicted octanol–water partition coefficient (Wildman–Crippen LogP) is -0.354.